The fourth-order valence-electron chi connectivity index (χ4n) is 2.89. The van der Waals surface area contributed by atoms with Gasteiger partial charge >= 0.3 is 5.97 Å². The third-order valence-electron chi connectivity index (χ3n) is 4.43. The molecule has 0 atom stereocenters. The van der Waals surface area contributed by atoms with Crippen molar-refractivity contribution < 1.29 is 29.0 Å². The molecule has 0 unspecified atom stereocenters. The van der Waals surface area contributed by atoms with Crippen molar-refractivity contribution in [3.63, 3.8) is 0 Å². The van der Waals surface area contributed by atoms with E-state index in [9.17, 15) is 19.5 Å². The number of rotatable bonds is 7. The number of azo groups is 1. The normalized spacial score (nSPS) is 10.9. The molecule has 160 valence electrons. The van der Waals surface area contributed by atoms with Gasteiger partial charge in [0.15, 0.2) is 5.69 Å². The molecule has 0 radical (unpaired) electrons. The van der Waals surface area contributed by atoms with Crippen LogP contribution in [0.25, 0.3) is 10.9 Å². The molecule has 0 saturated heterocycles. The number of esters is 1. The zero-order valence-corrected chi connectivity index (χ0v) is 16.9. The number of nitrogens with zero attached hydrogens (tertiary/aromatic N) is 3. The standard InChI is InChI=1S/C21H20N4O6/c1-30-14-7-5-6-13(10-14)20(28)22-11-17(26)23-24-19-15-8-3-4-9-16(15)25(21(19)29)12-18(27)31-2/h3-10,29H,11-12H2,1-2H3,(H,22,28). The van der Waals surface area contributed by atoms with Crippen molar-refractivity contribution in [2.75, 3.05) is 20.8 Å². The summed E-state index contributed by atoms with van der Waals surface area (Å²) in [5.41, 5.74) is 0.887. The Kier molecular flexibility index (Phi) is 6.61. The summed E-state index contributed by atoms with van der Waals surface area (Å²) in [5.74, 6) is -1.57. The lowest BCUT2D eigenvalue weighted by molar-refractivity contribution is -0.141. The van der Waals surface area contributed by atoms with E-state index >= 15 is 0 Å². The molecular weight excluding hydrogens is 404 g/mol. The molecule has 0 fully saturated rings. The Hall–Kier alpha value is -4.21. The molecule has 2 amide bonds. The number of carbonyl (C=O) groups excluding carboxylic acids is 3. The molecule has 0 aliphatic carbocycles. The van der Waals surface area contributed by atoms with E-state index in [2.05, 4.69) is 20.3 Å². The van der Waals surface area contributed by atoms with Crippen LogP contribution in [0.2, 0.25) is 0 Å². The number of carbonyl (C=O) groups is 3. The van der Waals surface area contributed by atoms with Crippen LogP contribution in [0, 0.1) is 0 Å². The quantitative estimate of drug-likeness (QED) is 0.443. The van der Waals surface area contributed by atoms with Crippen molar-refractivity contribution in [1.29, 1.82) is 0 Å². The van der Waals surface area contributed by atoms with Gasteiger partial charge in [0.1, 0.15) is 18.8 Å². The predicted octanol–water partition coefficient (Wildman–Crippen LogP) is 2.57. The Balaban J connectivity index is 1.74. The number of ether oxygens (including phenoxy) is 2. The fourth-order valence-corrected chi connectivity index (χ4v) is 2.89. The van der Waals surface area contributed by atoms with E-state index in [1.54, 1.807) is 42.5 Å². The lowest BCUT2D eigenvalue weighted by Crippen LogP contribution is -2.28. The van der Waals surface area contributed by atoms with E-state index in [0.29, 0.717) is 22.2 Å². The van der Waals surface area contributed by atoms with Gasteiger partial charge in [-0.1, -0.05) is 24.3 Å². The van der Waals surface area contributed by atoms with Gasteiger partial charge in [-0.25, -0.2) is 0 Å². The molecule has 10 heteroatoms. The summed E-state index contributed by atoms with van der Waals surface area (Å²) in [6, 6.07) is 13.3. The van der Waals surface area contributed by atoms with Gasteiger partial charge in [0.2, 0.25) is 5.88 Å². The van der Waals surface area contributed by atoms with Gasteiger partial charge < -0.3 is 19.9 Å². The van der Waals surface area contributed by atoms with Crippen molar-refractivity contribution in [1.82, 2.24) is 9.88 Å². The van der Waals surface area contributed by atoms with Gasteiger partial charge in [0.25, 0.3) is 11.8 Å². The molecule has 31 heavy (non-hydrogen) atoms. The van der Waals surface area contributed by atoms with E-state index in [1.807, 2.05) is 0 Å². The number of aromatic hydroxyl groups is 1. The molecule has 0 bridgehead atoms. The lowest BCUT2D eigenvalue weighted by Gasteiger charge is -2.05. The van der Waals surface area contributed by atoms with E-state index < -0.39 is 17.8 Å². The molecular formula is C21H20N4O6. The van der Waals surface area contributed by atoms with Gasteiger partial charge in [-0.05, 0) is 24.3 Å². The lowest BCUT2D eigenvalue weighted by atomic mass is 10.2. The van der Waals surface area contributed by atoms with E-state index in [4.69, 9.17) is 4.74 Å². The highest BCUT2D eigenvalue weighted by Crippen LogP contribution is 2.38. The summed E-state index contributed by atoms with van der Waals surface area (Å²) in [6.07, 6.45) is 0. The topological polar surface area (TPSA) is 132 Å². The molecule has 1 aromatic heterocycles. The van der Waals surface area contributed by atoms with Gasteiger partial charge in [-0.3, -0.25) is 19.0 Å². The zero-order chi connectivity index (χ0) is 22.4. The highest BCUT2D eigenvalue weighted by atomic mass is 16.5. The average molecular weight is 424 g/mol. The molecule has 3 rings (SSSR count). The van der Waals surface area contributed by atoms with Crippen LogP contribution in [0.1, 0.15) is 10.4 Å². The van der Waals surface area contributed by atoms with Crippen molar-refractivity contribution in [2.24, 2.45) is 10.2 Å². The Bertz CT molecular complexity index is 1170. The van der Waals surface area contributed by atoms with Crippen LogP contribution < -0.4 is 10.1 Å². The smallest absolute Gasteiger partial charge is 0.325 e. The molecule has 0 aliphatic heterocycles. The molecule has 1 heterocycles. The minimum atomic E-state index is -0.722. The molecule has 0 spiro atoms. The summed E-state index contributed by atoms with van der Waals surface area (Å²) in [4.78, 5) is 35.9. The van der Waals surface area contributed by atoms with Crippen LogP contribution in [0.5, 0.6) is 11.6 Å². The fraction of sp³-hybridized carbons (Fsp3) is 0.190. The number of methoxy groups -OCH3 is 2. The first-order valence-electron chi connectivity index (χ1n) is 9.18. The number of hydrogen-bond acceptors (Lipinski definition) is 7. The summed E-state index contributed by atoms with van der Waals surface area (Å²) in [6.45, 7) is -0.621. The van der Waals surface area contributed by atoms with Gasteiger partial charge in [-0.2, -0.15) is 0 Å². The average Bonchev–Trinajstić information content (AvgIpc) is 3.06. The van der Waals surface area contributed by atoms with E-state index in [1.165, 1.54) is 24.9 Å². The maximum atomic E-state index is 12.2. The molecule has 0 aliphatic rings. The Labute approximate surface area is 177 Å². The first-order valence-corrected chi connectivity index (χ1v) is 9.18. The number of aromatic nitrogens is 1. The number of hydrogen-bond donors (Lipinski definition) is 2. The van der Waals surface area contributed by atoms with E-state index in [0.717, 1.165) is 0 Å². The first kappa shape index (κ1) is 21.5. The number of amides is 2. The second-order valence-electron chi connectivity index (χ2n) is 6.36. The second-order valence-corrected chi connectivity index (χ2v) is 6.36. The molecule has 0 saturated carbocycles. The molecule has 2 aromatic carbocycles. The van der Waals surface area contributed by atoms with Crippen LogP contribution in [0.15, 0.2) is 58.8 Å². The SMILES string of the molecule is COC(=O)Cn1c(O)c(N=NC(=O)CNC(=O)c2cccc(OC)c2)c2ccccc21. The number of fused-ring (bicyclic) bond motifs is 1. The highest BCUT2D eigenvalue weighted by molar-refractivity contribution is 5.98. The summed E-state index contributed by atoms with van der Waals surface area (Å²) in [7, 11) is 2.72. The zero-order valence-electron chi connectivity index (χ0n) is 16.9. The van der Waals surface area contributed by atoms with Crippen LogP contribution in [-0.2, 0) is 20.9 Å². The highest BCUT2D eigenvalue weighted by Gasteiger charge is 2.19. The van der Waals surface area contributed by atoms with Crippen molar-refractivity contribution in [3.05, 3.63) is 54.1 Å². The van der Waals surface area contributed by atoms with Crippen LogP contribution in [0.3, 0.4) is 0 Å². The predicted molar refractivity (Wildman–Crippen MR) is 110 cm³/mol. The summed E-state index contributed by atoms with van der Waals surface area (Å²) < 4.78 is 11.0. The number of benzene rings is 2. The van der Waals surface area contributed by atoms with E-state index in [-0.39, 0.29) is 24.7 Å². The molecule has 3 aromatic rings. The maximum absolute atomic E-state index is 12.2. The third-order valence-corrected chi connectivity index (χ3v) is 4.43. The Morgan fingerprint density at radius 1 is 1.10 bits per heavy atom. The third kappa shape index (κ3) is 4.86. The summed E-state index contributed by atoms with van der Waals surface area (Å²) >= 11 is 0. The minimum Gasteiger partial charge on any atom is -0.497 e. The summed E-state index contributed by atoms with van der Waals surface area (Å²) in [5, 5.41) is 20.9. The largest absolute Gasteiger partial charge is 0.497 e. The van der Waals surface area contributed by atoms with Crippen molar-refractivity contribution in [2.45, 2.75) is 6.54 Å². The number of nitrogens with one attached hydrogen (secondary N) is 1. The van der Waals surface area contributed by atoms with Crippen molar-refractivity contribution >= 4 is 34.4 Å². The Morgan fingerprint density at radius 2 is 1.87 bits per heavy atom. The molecule has 10 nitrogen and oxygen atoms in total. The van der Waals surface area contributed by atoms with Crippen LogP contribution in [-0.4, -0.2) is 48.2 Å². The van der Waals surface area contributed by atoms with Crippen LogP contribution >= 0.6 is 0 Å². The van der Waals surface area contributed by atoms with Crippen molar-refractivity contribution in [3.8, 4) is 11.6 Å². The van der Waals surface area contributed by atoms with Crippen LogP contribution in [0.4, 0.5) is 5.69 Å². The first-order chi connectivity index (χ1) is 14.9. The minimum absolute atomic E-state index is 0.0342. The molecule has 2 N–H and O–H groups in total. The number of para-hydroxylation sites is 1. The Morgan fingerprint density at radius 3 is 2.61 bits per heavy atom. The van der Waals surface area contributed by atoms with Gasteiger partial charge in [-0.15, -0.1) is 10.2 Å². The second kappa shape index (κ2) is 9.53. The maximum Gasteiger partial charge on any atom is 0.325 e. The van der Waals surface area contributed by atoms with Gasteiger partial charge in [0, 0.05) is 10.9 Å². The monoisotopic (exact) mass is 424 g/mol. The van der Waals surface area contributed by atoms with Gasteiger partial charge in [0.05, 0.1) is 19.7 Å².